The quantitative estimate of drug-likeness (QED) is 0.765. The lowest BCUT2D eigenvalue weighted by Crippen LogP contribution is -2.50. The fraction of sp³-hybridized carbons (Fsp3) is 0.923. The highest BCUT2D eigenvalue weighted by molar-refractivity contribution is 5.68. The van der Waals surface area contributed by atoms with Gasteiger partial charge in [-0.2, -0.15) is 0 Å². The van der Waals surface area contributed by atoms with Crippen LogP contribution in [0.2, 0.25) is 0 Å². The molecule has 0 radical (unpaired) electrons. The van der Waals surface area contributed by atoms with Crippen molar-refractivity contribution in [2.75, 3.05) is 13.1 Å². The topological polar surface area (TPSA) is 49.3 Å². The van der Waals surface area contributed by atoms with Gasteiger partial charge in [0.1, 0.15) is 0 Å². The normalized spacial score (nSPS) is 44.9. The second kappa shape index (κ2) is 3.73. The van der Waals surface area contributed by atoms with Crippen LogP contribution in [0.25, 0.3) is 0 Å². The SMILES string of the molecule is O=C(O)CNCC12CC3CC(CC(C3)C1)C2. The summed E-state index contributed by atoms with van der Waals surface area (Å²) in [6.07, 6.45) is 8.43. The molecule has 2 N–H and O–H groups in total. The highest BCUT2D eigenvalue weighted by Gasteiger charge is 2.50. The number of rotatable bonds is 4. The maximum Gasteiger partial charge on any atom is 0.317 e. The van der Waals surface area contributed by atoms with E-state index in [-0.39, 0.29) is 6.54 Å². The Hall–Kier alpha value is -0.570. The predicted molar refractivity (Wildman–Crippen MR) is 61.1 cm³/mol. The van der Waals surface area contributed by atoms with Gasteiger partial charge in [-0.1, -0.05) is 0 Å². The van der Waals surface area contributed by atoms with E-state index in [1.165, 1.54) is 38.5 Å². The lowest BCUT2D eigenvalue weighted by Gasteiger charge is -2.57. The molecule has 0 aromatic heterocycles. The van der Waals surface area contributed by atoms with Crippen molar-refractivity contribution >= 4 is 5.97 Å². The minimum absolute atomic E-state index is 0.127. The molecule has 0 amide bonds. The van der Waals surface area contributed by atoms with Gasteiger partial charge >= 0.3 is 5.97 Å². The zero-order chi connectivity index (χ0) is 11.2. The molecule has 4 saturated carbocycles. The lowest BCUT2D eigenvalue weighted by molar-refractivity contribution is -0.136. The Bertz CT molecular complexity index is 265. The average molecular weight is 223 g/mol. The van der Waals surface area contributed by atoms with Gasteiger partial charge in [0.05, 0.1) is 6.54 Å². The van der Waals surface area contributed by atoms with Crippen LogP contribution in [0.15, 0.2) is 0 Å². The van der Waals surface area contributed by atoms with E-state index < -0.39 is 5.97 Å². The van der Waals surface area contributed by atoms with Crippen molar-refractivity contribution in [3.8, 4) is 0 Å². The van der Waals surface area contributed by atoms with E-state index in [0.717, 1.165) is 24.3 Å². The molecule has 3 nitrogen and oxygen atoms in total. The number of hydrogen-bond acceptors (Lipinski definition) is 2. The summed E-state index contributed by atoms with van der Waals surface area (Å²) in [5, 5.41) is 11.8. The minimum atomic E-state index is -0.732. The number of carboxylic acid groups (broad SMARTS) is 1. The van der Waals surface area contributed by atoms with Crippen molar-refractivity contribution in [2.45, 2.75) is 38.5 Å². The molecule has 4 bridgehead atoms. The van der Waals surface area contributed by atoms with Gasteiger partial charge in [0.15, 0.2) is 0 Å². The summed E-state index contributed by atoms with van der Waals surface area (Å²) in [5.41, 5.74) is 0.462. The predicted octanol–water partition coefficient (Wildman–Crippen LogP) is 1.88. The first-order valence-electron chi connectivity index (χ1n) is 6.58. The third-order valence-corrected chi connectivity index (χ3v) is 4.94. The van der Waals surface area contributed by atoms with Gasteiger partial charge in [0.2, 0.25) is 0 Å². The molecular formula is C13H21NO2. The van der Waals surface area contributed by atoms with Crippen molar-refractivity contribution in [2.24, 2.45) is 23.2 Å². The van der Waals surface area contributed by atoms with Gasteiger partial charge in [-0.3, -0.25) is 4.79 Å². The average Bonchev–Trinajstić information content (AvgIpc) is 2.13. The lowest BCUT2D eigenvalue weighted by atomic mass is 9.49. The first kappa shape index (κ1) is 10.6. The third kappa shape index (κ3) is 1.86. The van der Waals surface area contributed by atoms with Gasteiger partial charge in [0, 0.05) is 6.54 Å². The van der Waals surface area contributed by atoms with Gasteiger partial charge in [-0.25, -0.2) is 0 Å². The van der Waals surface area contributed by atoms with Gasteiger partial charge in [-0.05, 0) is 61.7 Å². The van der Waals surface area contributed by atoms with E-state index in [4.69, 9.17) is 5.11 Å². The highest BCUT2D eigenvalue weighted by atomic mass is 16.4. The molecule has 4 aliphatic carbocycles. The van der Waals surface area contributed by atoms with E-state index in [2.05, 4.69) is 5.32 Å². The summed E-state index contributed by atoms with van der Waals surface area (Å²) in [4.78, 5) is 10.5. The Labute approximate surface area is 96.6 Å². The fourth-order valence-corrected chi connectivity index (χ4v) is 4.94. The molecule has 4 aliphatic rings. The molecule has 90 valence electrons. The zero-order valence-corrected chi connectivity index (χ0v) is 9.74. The summed E-state index contributed by atoms with van der Waals surface area (Å²) >= 11 is 0. The van der Waals surface area contributed by atoms with Crippen LogP contribution < -0.4 is 5.32 Å². The molecule has 0 saturated heterocycles. The van der Waals surface area contributed by atoms with Crippen LogP contribution in [0.1, 0.15) is 38.5 Å². The first-order chi connectivity index (χ1) is 7.65. The number of hydrogen-bond donors (Lipinski definition) is 2. The summed E-state index contributed by atoms with van der Waals surface area (Å²) in [7, 11) is 0. The Balaban J connectivity index is 1.62. The Morgan fingerprint density at radius 1 is 1.12 bits per heavy atom. The molecule has 16 heavy (non-hydrogen) atoms. The van der Waals surface area contributed by atoms with E-state index in [1.807, 2.05) is 0 Å². The van der Waals surface area contributed by atoms with Crippen LogP contribution in [0.3, 0.4) is 0 Å². The van der Waals surface area contributed by atoms with Crippen LogP contribution >= 0.6 is 0 Å². The molecule has 0 aliphatic heterocycles. The van der Waals surface area contributed by atoms with Crippen molar-refractivity contribution < 1.29 is 9.90 Å². The molecule has 0 aromatic carbocycles. The van der Waals surface area contributed by atoms with Crippen molar-refractivity contribution in [3.63, 3.8) is 0 Å². The van der Waals surface area contributed by atoms with Crippen molar-refractivity contribution in [1.82, 2.24) is 5.32 Å². The molecule has 0 atom stereocenters. The second-order valence-electron chi connectivity index (χ2n) is 6.41. The van der Waals surface area contributed by atoms with E-state index in [9.17, 15) is 4.79 Å². The smallest absolute Gasteiger partial charge is 0.317 e. The third-order valence-electron chi connectivity index (χ3n) is 4.94. The maximum absolute atomic E-state index is 10.5. The summed E-state index contributed by atoms with van der Waals surface area (Å²) in [6, 6.07) is 0. The number of nitrogens with one attached hydrogen (secondary N) is 1. The highest BCUT2D eigenvalue weighted by Crippen LogP contribution is 2.59. The fourth-order valence-electron chi connectivity index (χ4n) is 4.94. The monoisotopic (exact) mass is 223 g/mol. The molecule has 4 fully saturated rings. The van der Waals surface area contributed by atoms with Crippen LogP contribution in [0.4, 0.5) is 0 Å². The first-order valence-corrected chi connectivity index (χ1v) is 6.58. The molecule has 3 heteroatoms. The van der Waals surface area contributed by atoms with Gasteiger partial charge in [0.25, 0.3) is 0 Å². The van der Waals surface area contributed by atoms with Gasteiger partial charge in [-0.15, -0.1) is 0 Å². The second-order valence-corrected chi connectivity index (χ2v) is 6.41. The van der Waals surface area contributed by atoms with Gasteiger partial charge < -0.3 is 10.4 Å². The van der Waals surface area contributed by atoms with Crippen LogP contribution in [-0.4, -0.2) is 24.2 Å². The summed E-state index contributed by atoms with van der Waals surface area (Å²) in [6.45, 7) is 1.06. The molecule has 0 heterocycles. The van der Waals surface area contributed by atoms with E-state index >= 15 is 0 Å². The van der Waals surface area contributed by atoms with Crippen LogP contribution in [-0.2, 0) is 4.79 Å². The summed E-state index contributed by atoms with van der Waals surface area (Å²) < 4.78 is 0. The van der Waals surface area contributed by atoms with Crippen LogP contribution in [0.5, 0.6) is 0 Å². The molecule has 0 spiro atoms. The number of carbonyl (C=O) groups is 1. The van der Waals surface area contributed by atoms with Crippen LogP contribution in [0, 0.1) is 23.2 Å². The van der Waals surface area contributed by atoms with E-state index in [0.29, 0.717) is 5.41 Å². The summed E-state index contributed by atoms with van der Waals surface area (Å²) in [5.74, 6) is 2.14. The zero-order valence-electron chi connectivity index (χ0n) is 9.74. The molecule has 0 unspecified atom stereocenters. The van der Waals surface area contributed by atoms with Crippen molar-refractivity contribution in [3.05, 3.63) is 0 Å². The standard InChI is InChI=1S/C13H21NO2/c15-12(16)7-14-8-13-4-9-1-10(5-13)3-11(2-9)6-13/h9-11,14H,1-8H2,(H,15,16). The Morgan fingerprint density at radius 3 is 2.06 bits per heavy atom. The van der Waals surface area contributed by atoms with Crippen molar-refractivity contribution in [1.29, 1.82) is 0 Å². The number of aliphatic carboxylic acids is 1. The molecule has 4 rings (SSSR count). The van der Waals surface area contributed by atoms with E-state index in [1.54, 1.807) is 0 Å². The minimum Gasteiger partial charge on any atom is -0.480 e. The molecular weight excluding hydrogens is 202 g/mol. The molecule has 0 aromatic rings. The maximum atomic E-state index is 10.5. The largest absolute Gasteiger partial charge is 0.480 e. The number of carboxylic acids is 1. The Kier molecular flexibility index (Phi) is 2.46. The Morgan fingerprint density at radius 2 is 1.62 bits per heavy atom.